The van der Waals surface area contributed by atoms with Gasteiger partial charge in [0.15, 0.2) is 0 Å². The van der Waals surface area contributed by atoms with E-state index in [0.717, 1.165) is 45.3 Å². The van der Waals surface area contributed by atoms with Gasteiger partial charge in [0.2, 0.25) is 0 Å². The highest BCUT2D eigenvalue weighted by molar-refractivity contribution is 5.74. The van der Waals surface area contributed by atoms with Gasteiger partial charge in [-0.15, -0.1) is 0 Å². The molecule has 2 aliphatic carbocycles. The van der Waals surface area contributed by atoms with Gasteiger partial charge in [0, 0.05) is 25.3 Å². The number of ether oxygens (including phenoxy) is 1. The number of rotatable bonds is 2. The average molecular weight is 252 g/mol. The van der Waals surface area contributed by atoms with Crippen LogP contribution >= 0.6 is 0 Å². The van der Waals surface area contributed by atoms with E-state index >= 15 is 0 Å². The SMILES string of the molecule is O=C(NC1CCCC1)NC1CCC12CCOCC2. The van der Waals surface area contributed by atoms with Crippen molar-refractivity contribution in [2.45, 2.75) is 63.5 Å². The molecule has 2 N–H and O–H groups in total. The van der Waals surface area contributed by atoms with Crippen LogP contribution in [0.4, 0.5) is 4.79 Å². The van der Waals surface area contributed by atoms with E-state index in [2.05, 4.69) is 10.6 Å². The zero-order valence-corrected chi connectivity index (χ0v) is 11.0. The molecule has 0 bridgehead atoms. The Balaban J connectivity index is 1.48. The predicted octanol–water partition coefficient (Wildman–Crippen LogP) is 2.19. The number of amides is 2. The van der Waals surface area contributed by atoms with E-state index in [9.17, 15) is 4.79 Å². The van der Waals surface area contributed by atoms with Crippen LogP contribution in [0.3, 0.4) is 0 Å². The summed E-state index contributed by atoms with van der Waals surface area (Å²) < 4.78 is 5.43. The molecule has 0 aromatic rings. The van der Waals surface area contributed by atoms with Gasteiger partial charge in [-0.25, -0.2) is 4.79 Å². The van der Waals surface area contributed by atoms with E-state index in [4.69, 9.17) is 4.74 Å². The first-order valence-electron chi connectivity index (χ1n) is 7.43. The van der Waals surface area contributed by atoms with Gasteiger partial charge < -0.3 is 15.4 Å². The molecule has 1 atom stereocenters. The van der Waals surface area contributed by atoms with Crippen LogP contribution in [0, 0.1) is 5.41 Å². The van der Waals surface area contributed by atoms with Crippen molar-refractivity contribution < 1.29 is 9.53 Å². The zero-order chi connectivity index (χ0) is 12.4. The molecule has 18 heavy (non-hydrogen) atoms. The Kier molecular flexibility index (Phi) is 3.46. The number of urea groups is 1. The third kappa shape index (κ3) is 2.35. The Hall–Kier alpha value is -0.770. The molecule has 2 amide bonds. The van der Waals surface area contributed by atoms with Crippen LogP contribution in [0.5, 0.6) is 0 Å². The minimum atomic E-state index is 0.0532. The second-order valence-electron chi connectivity index (χ2n) is 6.17. The summed E-state index contributed by atoms with van der Waals surface area (Å²) >= 11 is 0. The van der Waals surface area contributed by atoms with Gasteiger partial charge in [-0.1, -0.05) is 12.8 Å². The summed E-state index contributed by atoms with van der Waals surface area (Å²) in [6.07, 6.45) is 9.44. The van der Waals surface area contributed by atoms with E-state index in [1.54, 1.807) is 0 Å². The fraction of sp³-hybridized carbons (Fsp3) is 0.929. The summed E-state index contributed by atoms with van der Waals surface area (Å²) in [7, 11) is 0. The molecule has 0 radical (unpaired) electrons. The predicted molar refractivity (Wildman–Crippen MR) is 69.4 cm³/mol. The first kappa shape index (κ1) is 12.3. The quantitative estimate of drug-likeness (QED) is 0.791. The number of hydrogen-bond acceptors (Lipinski definition) is 2. The second-order valence-corrected chi connectivity index (χ2v) is 6.17. The van der Waals surface area contributed by atoms with Crippen molar-refractivity contribution in [1.82, 2.24) is 10.6 Å². The maximum absolute atomic E-state index is 12.0. The standard InChI is InChI=1S/C14H24N2O2/c17-13(15-11-3-1-2-4-11)16-12-5-6-14(12)7-9-18-10-8-14/h11-12H,1-10H2,(H2,15,16,17). The number of hydrogen-bond donors (Lipinski definition) is 2. The number of carbonyl (C=O) groups is 1. The Labute approximate surface area is 109 Å². The molecule has 0 aromatic carbocycles. The summed E-state index contributed by atoms with van der Waals surface area (Å²) in [5, 5.41) is 6.32. The molecule has 1 heterocycles. The lowest BCUT2D eigenvalue weighted by Crippen LogP contribution is -2.59. The summed E-state index contributed by atoms with van der Waals surface area (Å²) in [6, 6.07) is 0.844. The van der Waals surface area contributed by atoms with E-state index in [1.807, 2.05) is 0 Å². The van der Waals surface area contributed by atoms with Crippen molar-refractivity contribution in [2.24, 2.45) is 5.41 Å². The molecule has 1 saturated heterocycles. The summed E-state index contributed by atoms with van der Waals surface area (Å²) in [6.45, 7) is 1.73. The van der Waals surface area contributed by atoms with Gasteiger partial charge in [0.1, 0.15) is 0 Å². The Morgan fingerprint density at radius 2 is 1.72 bits per heavy atom. The van der Waals surface area contributed by atoms with E-state index in [1.165, 1.54) is 19.3 Å². The van der Waals surface area contributed by atoms with Gasteiger partial charge in [-0.05, 0) is 43.9 Å². The molecular formula is C14H24N2O2. The molecule has 3 fully saturated rings. The topological polar surface area (TPSA) is 50.4 Å². The molecule has 102 valence electrons. The lowest BCUT2D eigenvalue weighted by Gasteiger charge is -2.52. The maximum atomic E-state index is 12.0. The van der Waals surface area contributed by atoms with Crippen LogP contribution in [0.2, 0.25) is 0 Å². The monoisotopic (exact) mass is 252 g/mol. The van der Waals surface area contributed by atoms with Gasteiger partial charge in [0.05, 0.1) is 0 Å². The van der Waals surface area contributed by atoms with Crippen LogP contribution < -0.4 is 10.6 Å². The van der Waals surface area contributed by atoms with Crippen molar-refractivity contribution in [3.05, 3.63) is 0 Å². The van der Waals surface area contributed by atoms with Crippen LogP contribution in [0.1, 0.15) is 51.4 Å². The molecular weight excluding hydrogens is 228 g/mol. The zero-order valence-electron chi connectivity index (χ0n) is 11.0. The van der Waals surface area contributed by atoms with Crippen LogP contribution in [0.15, 0.2) is 0 Å². The molecule has 1 aliphatic heterocycles. The molecule has 3 aliphatic rings. The first-order valence-corrected chi connectivity index (χ1v) is 7.43. The number of carbonyl (C=O) groups excluding carboxylic acids is 1. The van der Waals surface area contributed by atoms with Gasteiger partial charge in [0.25, 0.3) is 0 Å². The smallest absolute Gasteiger partial charge is 0.315 e. The Bertz CT molecular complexity index is 307. The fourth-order valence-corrected chi connectivity index (χ4v) is 3.75. The van der Waals surface area contributed by atoms with Crippen molar-refractivity contribution >= 4 is 6.03 Å². The molecule has 0 aromatic heterocycles. The minimum Gasteiger partial charge on any atom is -0.381 e. The Morgan fingerprint density at radius 3 is 2.33 bits per heavy atom. The first-order chi connectivity index (χ1) is 8.78. The van der Waals surface area contributed by atoms with Crippen molar-refractivity contribution in [3.63, 3.8) is 0 Å². The lowest BCUT2D eigenvalue weighted by atomic mass is 9.60. The van der Waals surface area contributed by atoms with E-state index < -0.39 is 0 Å². The third-order valence-electron chi connectivity index (χ3n) is 5.15. The maximum Gasteiger partial charge on any atom is 0.315 e. The molecule has 2 saturated carbocycles. The van der Waals surface area contributed by atoms with Gasteiger partial charge >= 0.3 is 6.03 Å². The third-order valence-corrected chi connectivity index (χ3v) is 5.15. The summed E-state index contributed by atoms with van der Waals surface area (Å²) in [5.41, 5.74) is 0.352. The van der Waals surface area contributed by atoms with Crippen molar-refractivity contribution in [3.8, 4) is 0 Å². The molecule has 1 spiro atoms. The van der Waals surface area contributed by atoms with Crippen LogP contribution in [-0.4, -0.2) is 31.3 Å². The van der Waals surface area contributed by atoms with Crippen LogP contribution in [-0.2, 0) is 4.74 Å². The van der Waals surface area contributed by atoms with E-state index in [0.29, 0.717) is 17.5 Å². The minimum absolute atomic E-state index is 0.0532. The highest BCUT2D eigenvalue weighted by Gasteiger charge is 2.48. The summed E-state index contributed by atoms with van der Waals surface area (Å²) in [4.78, 5) is 12.0. The Morgan fingerprint density at radius 1 is 1.00 bits per heavy atom. The molecule has 4 heteroatoms. The fourth-order valence-electron chi connectivity index (χ4n) is 3.75. The van der Waals surface area contributed by atoms with Crippen molar-refractivity contribution in [1.29, 1.82) is 0 Å². The van der Waals surface area contributed by atoms with Crippen molar-refractivity contribution in [2.75, 3.05) is 13.2 Å². The average Bonchev–Trinajstić information content (AvgIpc) is 2.88. The summed E-state index contributed by atoms with van der Waals surface area (Å²) in [5.74, 6) is 0. The number of nitrogens with one attached hydrogen (secondary N) is 2. The molecule has 1 unspecified atom stereocenters. The van der Waals surface area contributed by atoms with Gasteiger partial charge in [-0.2, -0.15) is 0 Å². The molecule has 4 nitrogen and oxygen atoms in total. The highest BCUT2D eigenvalue weighted by atomic mass is 16.5. The van der Waals surface area contributed by atoms with Gasteiger partial charge in [-0.3, -0.25) is 0 Å². The largest absolute Gasteiger partial charge is 0.381 e. The van der Waals surface area contributed by atoms with E-state index in [-0.39, 0.29) is 6.03 Å². The normalized spacial score (nSPS) is 31.0. The lowest BCUT2D eigenvalue weighted by molar-refractivity contribution is -0.0512. The second kappa shape index (κ2) is 5.08. The highest BCUT2D eigenvalue weighted by Crippen LogP contribution is 2.48. The molecule has 3 rings (SSSR count). The van der Waals surface area contributed by atoms with Crippen LogP contribution in [0.25, 0.3) is 0 Å².